The second kappa shape index (κ2) is 5.30. The monoisotopic (exact) mass is 284 g/mol. The van der Waals surface area contributed by atoms with Gasteiger partial charge in [-0.2, -0.15) is 0 Å². The molecule has 0 saturated carbocycles. The molecule has 100 valence electrons. The average Bonchev–Trinajstić information content (AvgIpc) is 2.97. The van der Waals surface area contributed by atoms with Crippen molar-refractivity contribution in [2.45, 2.75) is 6.54 Å². The minimum absolute atomic E-state index is 0.268. The smallest absolute Gasteiger partial charge is 0.336 e. The molecule has 2 heterocycles. The van der Waals surface area contributed by atoms with Crippen LogP contribution >= 0.6 is 11.3 Å². The minimum atomic E-state index is -0.942. The highest BCUT2D eigenvalue weighted by Gasteiger charge is 2.11. The SMILES string of the molecule is O=C(O)c1cc(NCc2cccs2)nc2ccccc12. The molecule has 0 aliphatic rings. The van der Waals surface area contributed by atoms with E-state index in [1.807, 2.05) is 35.7 Å². The molecular formula is C15H12N2O2S. The number of thiophene rings is 1. The Balaban J connectivity index is 1.97. The summed E-state index contributed by atoms with van der Waals surface area (Å²) >= 11 is 1.65. The van der Waals surface area contributed by atoms with Crippen LogP contribution in [0.15, 0.2) is 47.8 Å². The van der Waals surface area contributed by atoms with Gasteiger partial charge in [0.25, 0.3) is 0 Å². The van der Waals surface area contributed by atoms with Crippen molar-refractivity contribution in [1.82, 2.24) is 4.98 Å². The highest BCUT2D eigenvalue weighted by Crippen LogP contribution is 2.21. The summed E-state index contributed by atoms with van der Waals surface area (Å²) in [5, 5.41) is 15.1. The van der Waals surface area contributed by atoms with E-state index in [2.05, 4.69) is 10.3 Å². The van der Waals surface area contributed by atoms with E-state index >= 15 is 0 Å². The Morgan fingerprint density at radius 2 is 2.10 bits per heavy atom. The number of rotatable bonds is 4. The summed E-state index contributed by atoms with van der Waals surface area (Å²) in [6, 6.07) is 12.8. The molecule has 2 N–H and O–H groups in total. The molecule has 4 nitrogen and oxygen atoms in total. The fourth-order valence-corrected chi connectivity index (χ4v) is 2.68. The molecule has 1 aromatic carbocycles. The molecule has 5 heteroatoms. The number of hydrogen-bond donors (Lipinski definition) is 2. The normalized spacial score (nSPS) is 10.6. The van der Waals surface area contributed by atoms with Crippen molar-refractivity contribution in [2.75, 3.05) is 5.32 Å². The summed E-state index contributed by atoms with van der Waals surface area (Å²) < 4.78 is 0. The molecule has 2 aromatic heterocycles. The maximum atomic E-state index is 11.3. The topological polar surface area (TPSA) is 62.2 Å². The first-order valence-corrected chi connectivity index (χ1v) is 7.01. The van der Waals surface area contributed by atoms with Gasteiger partial charge < -0.3 is 10.4 Å². The lowest BCUT2D eigenvalue weighted by Crippen LogP contribution is -2.04. The maximum absolute atomic E-state index is 11.3. The van der Waals surface area contributed by atoms with Gasteiger partial charge in [-0.3, -0.25) is 0 Å². The van der Waals surface area contributed by atoms with Crippen LogP contribution in [0.25, 0.3) is 10.9 Å². The largest absolute Gasteiger partial charge is 0.478 e. The number of anilines is 1. The number of pyridine rings is 1. The van der Waals surface area contributed by atoms with E-state index in [4.69, 9.17) is 0 Å². The molecule has 0 saturated heterocycles. The lowest BCUT2D eigenvalue weighted by Gasteiger charge is -2.08. The van der Waals surface area contributed by atoms with Gasteiger partial charge in [0.05, 0.1) is 17.6 Å². The second-order valence-electron chi connectivity index (χ2n) is 4.31. The van der Waals surface area contributed by atoms with Crippen LogP contribution in [-0.2, 0) is 6.54 Å². The Bertz CT molecular complexity index is 754. The minimum Gasteiger partial charge on any atom is -0.478 e. The van der Waals surface area contributed by atoms with Crippen molar-refractivity contribution in [2.24, 2.45) is 0 Å². The third kappa shape index (κ3) is 2.48. The fraction of sp³-hybridized carbons (Fsp3) is 0.0667. The fourth-order valence-electron chi connectivity index (χ4n) is 2.03. The molecule has 0 atom stereocenters. The number of nitrogens with one attached hydrogen (secondary N) is 1. The van der Waals surface area contributed by atoms with Gasteiger partial charge in [-0.25, -0.2) is 9.78 Å². The predicted molar refractivity (Wildman–Crippen MR) is 80.3 cm³/mol. The van der Waals surface area contributed by atoms with Crippen LogP contribution < -0.4 is 5.32 Å². The van der Waals surface area contributed by atoms with Crippen molar-refractivity contribution in [3.8, 4) is 0 Å². The first-order chi connectivity index (χ1) is 9.74. The van der Waals surface area contributed by atoms with Gasteiger partial charge in [-0.1, -0.05) is 24.3 Å². The summed E-state index contributed by atoms with van der Waals surface area (Å²) in [5.41, 5.74) is 0.949. The van der Waals surface area contributed by atoms with E-state index in [1.165, 1.54) is 4.88 Å². The molecule has 0 radical (unpaired) electrons. The number of nitrogens with zero attached hydrogens (tertiary/aromatic N) is 1. The van der Waals surface area contributed by atoms with E-state index < -0.39 is 5.97 Å². The number of carboxylic acid groups (broad SMARTS) is 1. The van der Waals surface area contributed by atoms with Crippen molar-refractivity contribution >= 4 is 34.0 Å². The number of benzene rings is 1. The third-order valence-electron chi connectivity index (χ3n) is 2.97. The molecule has 0 unspecified atom stereocenters. The maximum Gasteiger partial charge on any atom is 0.336 e. The Labute approximate surface area is 119 Å². The number of para-hydroxylation sites is 1. The lowest BCUT2D eigenvalue weighted by atomic mass is 10.1. The number of hydrogen-bond acceptors (Lipinski definition) is 4. The molecule has 3 aromatic rings. The zero-order valence-corrected chi connectivity index (χ0v) is 11.4. The quantitative estimate of drug-likeness (QED) is 0.768. The molecule has 0 fully saturated rings. The van der Waals surface area contributed by atoms with Gasteiger partial charge in [0.15, 0.2) is 0 Å². The van der Waals surface area contributed by atoms with Crippen LogP contribution in [0.1, 0.15) is 15.2 Å². The van der Waals surface area contributed by atoms with Gasteiger partial charge in [0.1, 0.15) is 5.82 Å². The number of carboxylic acids is 1. The van der Waals surface area contributed by atoms with Crippen LogP contribution in [0.3, 0.4) is 0 Å². The van der Waals surface area contributed by atoms with E-state index in [-0.39, 0.29) is 5.56 Å². The third-order valence-corrected chi connectivity index (χ3v) is 3.85. The van der Waals surface area contributed by atoms with E-state index in [9.17, 15) is 9.90 Å². The van der Waals surface area contributed by atoms with Crippen molar-refractivity contribution in [3.63, 3.8) is 0 Å². The number of aromatic carboxylic acids is 1. The Kier molecular flexibility index (Phi) is 3.35. The molecule has 20 heavy (non-hydrogen) atoms. The number of aromatic nitrogens is 1. The molecule has 0 aliphatic heterocycles. The molecule has 0 aliphatic carbocycles. The van der Waals surface area contributed by atoms with Gasteiger partial charge in [-0.15, -0.1) is 11.3 Å². The summed E-state index contributed by atoms with van der Waals surface area (Å²) in [6.07, 6.45) is 0. The van der Waals surface area contributed by atoms with Crippen LogP contribution in [0.2, 0.25) is 0 Å². The van der Waals surface area contributed by atoms with E-state index in [0.29, 0.717) is 23.3 Å². The first kappa shape index (κ1) is 12.6. The summed E-state index contributed by atoms with van der Waals surface area (Å²) in [4.78, 5) is 17.0. The average molecular weight is 284 g/mol. The van der Waals surface area contributed by atoms with Gasteiger partial charge in [0.2, 0.25) is 0 Å². The number of fused-ring (bicyclic) bond motifs is 1. The summed E-state index contributed by atoms with van der Waals surface area (Å²) in [5.74, 6) is -0.364. The highest BCUT2D eigenvalue weighted by atomic mass is 32.1. The van der Waals surface area contributed by atoms with Crippen LogP contribution in [0.5, 0.6) is 0 Å². The molecular weight excluding hydrogens is 272 g/mol. The Hall–Kier alpha value is -2.40. The second-order valence-corrected chi connectivity index (χ2v) is 5.34. The van der Waals surface area contributed by atoms with Gasteiger partial charge in [0, 0.05) is 10.3 Å². The van der Waals surface area contributed by atoms with Crippen LogP contribution in [-0.4, -0.2) is 16.1 Å². The lowest BCUT2D eigenvalue weighted by molar-refractivity contribution is 0.0699. The highest BCUT2D eigenvalue weighted by molar-refractivity contribution is 7.09. The molecule has 3 rings (SSSR count). The van der Waals surface area contributed by atoms with Crippen LogP contribution in [0, 0.1) is 0 Å². The van der Waals surface area contributed by atoms with Crippen molar-refractivity contribution in [3.05, 3.63) is 58.3 Å². The molecule has 0 spiro atoms. The van der Waals surface area contributed by atoms with E-state index in [1.54, 1.807) is 23.5 Å². The molecule has 0 amide bonds. The zero-order chi connectivity index (χ0) is 13.9. The zero-order valence-electron chi connectivity index (χ0n) is 10.5. The van der Waals surface area contributed by atoms with Gasteiger partial charge >= 0.3 is 5.97 Å². The van der Waals surface area contributed by atoms with Crippen molar-refractivity contribution in [1.29, 1.82) is 0 Å². The standard InChI is InChI=1S/C15H12N2O2S/c18-15(19)12-8-14(16-9-10-4-3-7-20-10)17-13-6-2-1-5-11(12)13/h1-8H,9H2,(H,16,17)(H,18,19). The Morgan fingerprint density at radius 1 is 1.25 bits per heavy atom. The molecule has 0 bridgehead atoms. The van der Waals surface area contributed by atoms with Crippen molar-refractivity contribution < 1.29 is 9.90 Å². The summed E-state index contributed by atoms with van der Waals surface area (Å²) in [7, 11) is 0. The Morgan fingerprint density at radius 3 is 2.85 bits per heavy atom. The van der Waals surface area contributed by atoms with Gasteiger partial charge in [-0.05, 0) is 23.6 Å². The predicted octanol–water partition coefficient (Wildman–Crippen LogP) is 3.61. The van der Waals surface area contributed by atoms with Crippen LogP contribution in [0.4, 0.5) is 5.82 Å². The number of carbonyl (C=O) groups is 1. The first-order valence-electron chi connectivity index (χ1n) is 6.13. The summed E-state index contributed by atoms with van der Waals surface area (Å²) in [6.45, 7) is 0.641. The van der Waals surface area contributed by atoms with E-state index in [0.717, 1.165) is 0 Å².